The summed E-state index contributed by atoms with van der Waals surface area (Å²) in [5.41, 5.74) is 6.70. The number of carbonyl (C=O) groups is 2. The molecule has 3 N–H and O–H groups in total. The summed E-state index contributed by atoms with van der Waals surface area (Å²) < 4.78 is 10.6. The summed E-state index contributed by atoms with van der Waals surface area (Å²) in [5, 5.41) is 3.14. The zero-order chi connectivity index (χ0) is 19.9. The molecule has 1 aromatic carbocycles. The molecule has 0 spiro atoms. The number of nitrogens with two attached hydrogens (primary N) is 1. The van der Waals surface area contributed by atoms with E-state index in [1.54, 1.807) is 0 Å². The van der Waals surface area contributed by atoms with Crippen LogP contribution >= 0.6 is 0 Å². The van der Waals surface area contributed by atoms with Crippen LogP contribution in [-0.4, -0.2) is 37.2 Å². The lowest BCUT2D eigenvalue weighted by Crippen LogP contribution is -2.37. The van der Waals surface area contributed by atoms with Crippen molar-refractivity contribution in [2.45, 2.75) is 76.0 Å². The van der Waals surface area contributed by atoms with E-state index in [2.05, 4.69) is 5.32 Å². The monoisotopic (exact) mass is 388 g/mol. The fraction of sp³-hybridized carbons (Fsp3) is 0.636. The van der Waals surface area contributed by atoms with E-state index in [1.807, 2.05) is 24.3 Å². The number of hydrogen-bond donors (Lipinski definition) is 2. The van der Waals surface area contributed by atoms with Gasteiger partial charge in [-0.3, -0.25) is 9.59 Å². The van der Waals surface area contributed by atoms with Gasteiger partial charge in [0.15, 0.2) is 0 Å². The molecular formula is C22H32N2O4. The van der Waals surface area contributed by atoms with Crippen LogP contribution in [0.2, 0.25) is 0 Å². The normalized spacial score (nSPS) is 27.2. The summed E-state index contributed by atoms with van der Waals surface area (Å²) in [4.78, 5) is 23.8. The first-order chi connectivity index (χ1) is 13.5. The van der Waals surface area contributed by atoms with Gasteiger partial charge in [0, 0.05) is 24.1 Å². The number of hydrogen-bond acceptors (Lipinski definition) is 5. The SMILES string of the molecule is COC(=O)CCC1CCC(NC(=O)c2ccc(OC3CCCC3N)cc2)CC1. The van der Waals surface area contributed by atoms with Gasteiger partial charge in [-0.25, -0.2) is 0 Å². The molecule has 6 heteroatoms. The Bertz CT molecular complexity index is 653. The van der Waals surface area contributed by atoms with Crippen molar-refractivity contribution in [3.63, 3.8) is 0 Å². The van der Waals surface area contributed by atoms with Crippen LogP contribution in [0.25, 0.3) is 0 Å². The average Bonchev–Trinajstić information content (AvgIpc) is 3.12. The number of amides is 1. The molecule has 2 saturated carbocycles. The molecule has 2 atom stereocenters. The number of esters is 1. The van der Waals surface area contributed by atoms with Crippen molar-refractivity contribution in [1.82, 2.24) is 5.32 Å². The summed E-state index contributed by atoms with van der Waals surface area (Å²) in [7, 11) is 1.43. The topological polar surface area (TPSA) is 90.6 Å². The maximum atomic E-state index is 12.5. The second kappa shape index (κ2) is 9.92. The Hall–Kier alpha value is -2.08. The summed E-state index contributed by atoms with van der Waals surface area (Å²) in [6.45, 7) is 0. The zero-order valence-corrected chi connectivity index (χ0v) is 16.7. The van der Waals surface area contributed by atoms with Gasteiger partial charge in [0.1, 0.15) is 11.9 Å². The lowest BCUT2D eigenvalue weighted by Gasteiger charge is -2.29. The second-order valence-electron chi connectivity index (χ2n) is 8.08. The maximum absolute atomic E-state index is 12.5. The van der Waals surface area contributed by atoms with E-state index in [4.69, 9.17) is 15.2 Å². The number of carbonyl (C=O) groups excluding carboxylic acids is 2. The summed E-state index contributed by atoms with van der Waals surface area (Å²) in [6.07, 6.45) is 8.54. The van der Waals surface area contributed by atoms with Gasteiger partial charge in [-0.1, -0.05) is 0 Å². The molecule has 0 heterocycles. The quantitative estimate of drug-likeness (QED) is 0.700. The van der Waals surface area contributed by atoms with Crippen molar-refractivity contribution < 1.29 is 19.1 Å². The highest BCUT2D eigenvalue weighted by Gasteiger charge is 2.26. The molecule has 0 bridgehead atoms. The number of rotatable bonds is 7. The van der Waals surface area contributed by atoms with Gasteiger partial charge in [0.25, 0.3) is 5.91 Å². The molecule has 2 fully saturated rings. The number of nitrogens with one attached hydrogen (secondary N) is 1. The molecular weight excluding hydrogens is 356 g/mol. The molecule has 154 valence electrons. The van der Waals surface area contributed by atoms with Crippen LogP contribution in [0.15, 0.2) is 24.3 Å². The van der Waals surface area contributed by atoms with Crippen LogP contribution in [0.4, 0.5) is 0 Å². The van der Waals surface area contributed by atoms with Crippen molar-refractivity contribution in [2.24, 2.45) is 11.7 Å². The highest BCUT2D eigenvalue weighted by Crippen LogP contribution is 2.28. The van der Waals surface area contributed by atoms with Crippen molar-refractivity contribution >= 4 is 11.9 Å². The third kappa shape index (κ3) is 5.71. The first kappa shape index (κ1) is 20.6. The van der Waals surface area contributed by atoms with E-state index < -0.39 is 0 Å². The van der Waals surface area contributed by atoms with Crippen LogP contribution in [0.3, 0.4) is 0 Å². The van der Waals surface area contributed by atoms with Crippen molar-refractivity contribution in [3.05, 3.63) is 29.8 Å². The molecule has 0 radical (unpaired) electrons. The van der Waals surface area contributed by atoms with E-state index in [1.165, 1.54) is 7.11 Å². The molecule has 3 rings (SSSR count). The lowest BCUT2D eigenvalue weighted by atomic mass is 9.83. The zero-order valence-electron chi connectivity index (χ0n) is 16.7. The standard InChI is InChI=1S/C22H32N2O4/c1-27-21(25)14-7-15-5-10-17(11-6-15)24-22(26)16-8-12-18(13-9-16)28-20-4-2-3-19(20)23/h8-9,12-13,15,17,19-20H,2-7,10-11,14,23H2,1H3,(H,24,26). The second-order valence-corrected chi connectivity index (χ2v) is 8.08. The van der Waals surface area contributed by atoms with E-state index in [-0.39, 0.29) is 30.1 Å². The van der Waals surface area contributed by atoms with Gasteiger partial charge in [-0.2, -0.15) is 0 Å². The Labute approximate surface area is 167 Å². The third-order valence-electron chi connectivity index (χ3n) is 6.07. The molecule has 1 amide bonds. The van der Waals surface area contributed by atoms with Crippen LogP contribution in [0, 0.1) is 5.92 Å². The number of methoxy groups -OCH3 is 1. The van der Waals surface area contributed by atoms with Crippen LogP contribution in [0.1, 0.15) is 68.1 Å². The Morgan fingerprint density at radius 2 is 1.79 bits per heavy atom. The van der Waals surface area contributed by atoms with E-state index in [0.29, 0.717) is 17.9 Å². The van der Waals surface area contributed by atoms with Gasteiger partial charge in [-0.05, 0) is 81.5 Å². The average molecular weight is 389 g/mol. The molecule has 0 aliphatic heterocycles. The molecule has 0 aromatic heterocycles. The van der Waals surface area contributed by atoms with E-state index >= 15 is 0 Å². The molecule has 2 aliphatic carbocycles. The van der Waals surface area contributed by atoms with Crippen molar-refractivity contribution in [2.75, 3.05) is 7.11 Å². The number of ether oxygens (including phenoxy) is 2. The molecule has 2 unspecified atom stereocenters. The van der Waals surface area contributed by atoms with Crippen LogP contribution in [-0.2, 0) is 9.53 Å². The van der Waals surface area contributed by atoms with Gasteiger partial charge >= 0.3 is 5.97 Å². The van der Waals surface area contributed by atoms with Crippen molar-refractivity contribution in [3.8, 4) is 5.75 Å². The minimum absolute atomic E-state index is 0.0397. The highest BCUT2D eigenvalue weighted by molar-refractivity contribution is 5.94. The summed E-state index contributed by atoms with van der Waals surface area (Å²) >= 11 is 0. The van der Waals surface area contributed by atoms with Gasteiger partial charge in [-0.15, -0.1) is 0 Å². The van der Waals surface area contributed by atoms with Crippen LogP contribution in [0.5, 0.6) is 5.75 Å². The third-order valence-corrected chi connectivity index (χ3v) is 6.07. The Kier molecular flexibility index (Phi) is 7.31. The lowest BCUT2D eigenvalue weighted by molar-refractivity contribution is -0.141. The fourth-order valence-electron chi connectivity index (χ4n) is 4.25. The van der Waals surface area contributed by atoms with Crippen molar-refractivity contribution in [1.29, 1.82) is 0 Å². The smallest absolute Gasteiger partial charge is 0.305 e. The first-order valence-electron chi connectivity index (χ1n) is 10.4. The Morgan fingerprint density at radius 3 is 2.39 bits per heavy atom. The number of benzene rings is 1. The predicted octanol–water partition coefficient (Wildman–Crippen LogP) is 3.19. The minimum Gasteiger partial charge on any atom is -0.489 e. The first-order valence-corrected chi connectivity index (χ1v) is 10.4. The van der Waals surface area contributed by atoms with Crippen LogP contribution < -0.4 is 15.8 Å². The largest absolute Gasteiger partial charge is 0.489 e. The van der Waals surface area contributed by atoms with Gasteiger partial charge < -0.3 is 20.5 Å². The molecule has 2 aliphatic rings. The fourth-order valence-corrected chi connectivity index (χ4v) is 4.25. The van der Waals surface area contributed by atoms with Gasteiger partial charge in [0.05, 0.1) is 7.11 Å². The minimum atomic E-state index is -0.141. The van der Waals surface area contributed by atoms with E-state index in [9.17, 15) is 9.59 Å². The predicted molar refractivity (Wildman–Crippen MR) is 107 cm³/mol. The Balaban J connectivity index is 1.42. The molecule has 1 aromatic rings. The maximum Gasteiger partial charge on any atom is 0.305 e. The summed E-state index contributed by atoms with van der Waals surface area (Å²) in [6, 6.07) is 7.63. The summed E-state index contributed by atoms with van der Waals surface area (Å²) in [5.74, 6) is 1.13. The molecule has 6 nitrogen and oxygen atoms in total. The highest BCUT2D eigenvalue weighted by atomic mass is 16.5. The van der Waals surface area contributed by atoms with Gasteiger partial charge in [0.2, 0.25) is 0 Å². The van der Waals surface area contributed by atoms with E-state index in [0.717, 1.165) is 57.1 Å². The molecule has 28 heavy (non-hydrogen) atoms. The molecule has 0 saturated heterocycles. The Morgan fingerprint density at radius 1 is 1.07 bits per heavy atom.